The van der Waals surface area contributed by atoms with E-state index in [1.54, 1.807) is 0 Å². The summed E-state index contributed by atoms with van der Waals surface area (Å²) in [5.74, 6) is 11.4. The third-order valence-corrected chi connectivity index (χ3v) is 26.6. The molecule has 27 heteroatoms. The maximum atomic E-state index is 10.4. The van der Waals surface area contributed by atoms with Crippen LogP contribution in [0.3, 0.4) is 0 Å². The van der Waals surface area contributed by atoms with Crippen molar-refractivity contribution < 1.29 is 128 Å². The van der Waals surface area contributed by atoms with Crippen LogP contribution in [-0.4, -0.2) is 256 Å². The molecule has 0 radical (unpaired) electrons. The maximum absolute atomic E-state index is 10.4. The Morgan fingerprint density at radius 3 is 0.605 bits per heavy atom. The molecular weight excluding hydrogens is 1870 g/mol. The lowest BCUT2D eigenvalue weighted by Crippen LogP contribution is -2.25. The highest BCUT2D eigenvalue weighted by Crippen LogP contribution is 2.47. The van der Waals surface area contributed by atoms with E-state index >= 15 is 0 Å². The monoisotopic (exact) mass is 1990 g/mol. The van der Waals surface area contributed by atoms with E-state index in [9.17, 15) is 5.11 Å². The molecule has 1 N–H and O–H groups in total. The number of benzene rings is 14. The predicted octanol–water partition coefficient (Wildman–Crippen LogP) is 18.2. The van der Waals surface area contributed by atoms with Gasteiger partial charge in [0.2, 0.25) is 0 Å². The van der Waals surface area contributed by atoms with Crippen molar-refractivity contribution in [3.63, 3.8) is 0 Å². The van der Waals surface area contributed by atoms with Gasteiger partial charge in [-0.1, -0.05) is 133 Å². The van der Waals surface area contributed by atoms with Crippen molar-refractivity contribution in [2.75, 3.05) is 172 Å². The molecule has 12 fully saturated rings. The first-order chi connectivity index (χ1) is 72.5. The smallest absolute Gasteiger partial charge is 0.123 e. The van der Waals surface area contributed by atoms with E-state index < -0.39 is 6.10 Å². The van der Waals surface area contributed by atoms with Crippen molar-refractivity contribution in [3.8, 4) is 103 Å². The summed E-state index contributed by atoms with van der Waals surface area (Å²) in [4.78, 5) is 0. The summed E-state index contributed by atoms with van der Waals surface area (Å²) in [7, 11) is 0. The molecule has 0 spiro atoms. The molecule has 0 bridgehead atoms. The van der Waals surface area contributed by atoms with Gasteiger partial charge in [-0.2, -0.15) is 0 Å². The molecule has 12 heterocycles. The lowest BCUT2D eigenvalue weighted by atomic mass is 9.73. The molecule has 27 nitrogen and oxygen atoms in total. The SMILES string of the molecule is OC(COc1ccc(-c2ccc(OCC3CO3)cc2)cc1)COc1ccc(-c2ccc(OCC3CO3)cc2)cc1.c1cc(C(c2ccc(OCC3CO3)cc2)C(c2ccc(OCC3CO3)cc2)c2ccc(OCC3CO3)cc2)ccc1OCC1CO1.c1cc2ccc(OCC3CO3)c(Cc3c(OCC4CO4)ccc4ccc(OCC5CO5)cc34)c2cc1OCC1CO1.c1cc2ccc(OCC3CO3)cc2cc1OCC1CO1. The van der Waals surface area contributed by atoms with Gasteiger partial charge in [0.1, 0.15) is 252 Å². The van der Waals surface area contributed by atoms with Crippen LogP contribution >= 0.6 is 0 Å². The van der Waals surface area contributed by atoms with Gasteiger partial charge in [-0.05, 0) is 235 Å². The highest BCUT2D eigenvalue weighted by Gasteiger charge is 2.35. The van der Waals surface area contributed by atoms with Gasteiger partial charge >= 0.3 is 0 Å². The Bertz CT molecular complexity index is 6130. The third kappa shape index (κ3) is 29.1. The minimum atomic E-state index is -0.762. The summed E-state index contributed by atoms with van der Waals surface area (Å²) in [5.41, 5.74) is 11.2. The molecule has 147 heavy (non-hydrogen) atoms. The minimum Gasteiger partial charge on any atom is -0.491 e. The van der Waals surface area contributed by atoms with Gasteiger partial charge in [-0.25, -0.2) is 0 Å². The zero-order chi connectivity index (χ0) is 98.4. The van der Waals surface area contributed by atoms with E-state index in [0.717, 1.165) is 209 Å². The standard InChI is InChI=1S/C38H38O8.C33H32O8.C33H32O7.C16H16O4/c1-9-29(39-17-33-21-43-33)10-2-25(1)37(26-3-11-30(12-4-26)40-18-34-22-44-34)38(27-5-13-31(14-6-27)41-19-35-23-45-35)28-7-15-32(16-8-28)42-20-36-24-46-36;1-5-22(34-12-24-14-36-24)9-28-20(1)3-7-32(40-18-26-16-38-26)30(28)11-31-29-10-23(35-13-25-15-37-25)6-2-21(29)4-8-33(31)41-19-27-17-39-27;34-27(17-35-28-9-1-23(2-10-28)25-5-13-30(14-6-25)37-19-32-21-39-32)18-36-29-11-3-24(4-12-29)26-7-15-31(16-8-26)38-20-33-22-40-33;1-3-13(17-7-15-9-19-15)5-12-6-14(4-2-11(1)12)18-8-16-10-20-16/h1-16,33-38H,17-24H2;1-10,24-27H,11-19H2;1-16,27,32-34H,17-22H2;1-6,15-16H,7-10H2. The molecule has 0 saturated carbocycles. The highest BCUT2D eigenvalue weighted by atomic mass is 16.7. The predicted molar refractivity (Wildman–Crippen MR) is 548 cm³/mol. The molecular formula is C120H118O27. The molecule has 26 rings (SSSR count). The molecule has 12 saturated heterocycles. The van der Waals surface area contributed by atoms with E-state index in [1.807, 2.05) is 133 Å². The molecule has 760 valence electrons. The van der Waals surface area contributed by atoms with Crippen LogP contribution in [0, 0.1) is 0 Å². The molecule has 12 unspecified atom stereocenters. The van der Waals surface area contributed by atoms with Crippen LogP contribution in [0.2, 0.25) is 0 Å². The van der Waals surface area contributed by atoms with Crippen LogP contribution in [0.15, 0.2) is 291 Å². The fraction of sp³-hybridized carbons (Fsp3) is 0.350. The number of hydrogen-bond acceptors (Lipinski definition) is 27. The van der Waals surface area contributed by atoms with Gasteiger partial charge in [0.15, 0.2) is 0 Å². The second kappa shape index (κ2) is 46.3. The Labute approximate surface area is 852 Å². The van der Waals surface area contributed by atoms with Gasteiger partial charge in [-0.3, -0.25) is 0 Å². The Balaban J connectivity index is 0.000000111. The summed E-state index contributed by atoms with van der Waals surface area (Å²) in [6.07, 6.45) is 2.37. The van der Waals surface area contributed by atoms with E-state index in [-0.39, 0.29) is 98.3 Å². The van der Waals surface area contributed by atoms with E-state index in [2.05, 4.69) is 158 Å². The normalized spacial score (nSPS) is 22.1. The summed E-state index contributed by atoms with van der Waals surface area (Å²) >= 11 is 0. The highest BCUT2D eigenvalue weighted by molar-refractivity contribution is 5.93. The van der Waals surface area contributed by atoms with E-state index in [1.165, 1.54) is 27.6 Å². The number of rotatable bonds is 51. The lowest BCUT2D eigenvalue weighted by Gasteiger charge is -2.30. The number of hydrogen-bond donors (Lipinski definition) is 1. The topological polar surface area (TPSA) is 300 Å². The Hall–Kier alpha value is -13.5. The molecule has 0 amide bonds. The average Bonchev–Trinajstić information content (AvgIpc) is 1.57. The molecule has 12 atom stereocenters. The number of aliphatic hydroxyl groups excluding tert-OH is 1. The van der Waals surface area contributed by atoms with Crippen molar-refractivity contribution in [2.45, 2.75) is 97.6 Å². The molecule has 0 aliphatic carbocycles. The number of ether oxygens (including phenoxy) is 26. The summed E-state index contributed by atoms with van der Waals surface area (Å²) in [6, 6.07) is 98.4. The molecule has 0 aromatic heterocycles. The second-order valence-corrected chi connectivity index (χ2v) is 38.5. The minimum absolute atomic E-state index is 0.0140. The summed E-state index contributed by atoms with van der Waals surface area (Å²) in [5, 5.41) is 17.1. The average molecular weight is 1990 g/mol. The van der Waals surface area contributed by atoms with Crippen LogP contribution < -0.4 is 66.3 Å². The van der Waals surface area contributed by atoms with Crippen molar-refractivity contribution in [2.24, 2.45) is 0 Å². The first kappa shape index (κ1) is 97.0. The quantitative estimate of drug-likeness (QED) is 0.0346. The third-order valence-electron chi connectivity index (χ3n) is 26.6. The Morgan fingerprint density at radius 2 is 0.374 bits per heavy atom. The zero-order valence-electron chi connectivity index (χ0n) is 81.5. The Morgan fingerprint density at radius 1 is 0.190 bits per heavy atom. The fourth-order valence-corrected chi connectivity index (χ4v) is 16.9. The number of epoxide rings is 12. The van der Waals surface area contributed by atoms with Gasteiger partial charge in [-0.15, -0.1) is 0 Å². The molecule has 14 aromatic carbocycles. The van der Waals surface area contributed by atoms with Crippen LogP contribution in [0.5, 0.6) is 80.5 Å². The van der Waals surface area contributed by atoms with Crippen molar-refractivity contribution in [1.82, 2.24) is 0 Å². The molecule has 12 aliphatic heterocycles. The van der Waals surface area contributed by atoms with Crippen LogP contribution in [0.25, 0.3) is 54.6 Å². The van der Waals surface area contributed by atoms with E-state index in [4.69, 9.17) is 123 Å². The van der Waals surface area contributed by atoms with Gasteiger partial charge in [0.25, 0.3) is 0 Å². The van der Waals surface area contributed by atoms with Gasteiger partial charge < -0.3 is 128 Å². The van der Waals surface area contributed by atoms with E-state index in [0.29, 0.717) is 97.2 Å². The van der Waals surface area contributed by atoms with Crippen molar-refractivity contribution in [3.05, 3.63) is 325 Å². The van der Waals surface area contributed by atoms with Gasteiger partial charge in [0.05, 0.1) is 79.3 Å². The largest absolute Gasteiger partial charge is 0.491 e. The first-order valence-electron chi connectivity index (χ1n) is 50.9. The fourth-order valence-electron chi connectivity index (χ4n) is 16.9. The van der Waals surface area contributed by atoms with Crippen molar-refractivity contribution >= 4 is 32.3 Å². The maximum Gasteiger partial charge on any atom is 0.123 e. The molecule has 12 aliphatic rings. The lowest BCUT2D eigenvalue weighted by molar-refractivity contribution is 0.0626. The van der Waals surface area contributed by atoms with Crippen LogP contribution in [0.1, 0.15) is 45.2 Å². The van der Waals surface area contributed by atoms with Gasteiger partial charge in [0, 0.05) is 29.4 Å². The number of fused-ring (bicyclic) bond motifs is 3. The first-order valence-corrected chi connectivity index (χ1v) is 50.9. The summed E-state index contributed by atoms with van der Waals surface area (Å²) < 4.78 is 147. The zero-order valence-corrected chi connectivity index (χ0v) is 81.5. The Kier molecular flexibility index (Phi) is 30.5. The summed E-state index contributed by atoms with van der Waals surface area (Å²) in [6.45, 7) is 16.4. The second-order valence-electron chi connectivity index (χ2n) is 38.5. The molecule has 14 aromatic rings. The number of aliphatic hydroxyl groups is 1. The van der Waals surface area contributed by atoms with Crippen molar-refractivity contribution in [1.29, 1.82) is 0 Å². The van der Waals surface area contributed by atoms with Crippen LogP contribution in [0.4, 0.5) is 0 Å². The van der Waals surface area contributed by atoms with Crippen LogP contribution in [-0.2, 0) is 63.3 Å².